The molecule has 43 valence electrons. The summed E-state index contributed by atoms with van der Waals surface area (Å²) in [5, 5.41) is 9.40. The molecule has 0 fully saturated rings. The van der Waals surface area contributed by atoms with Gasteiger partial charge in [0.1, 0.15) is 0 Å². The van der Waals surface area contributed by atoms with Crippen molar-refractivity contribution in [3.63, 3.8) is 0 Å². The van der Waals surface area contributed by atoms with E-state index in [2.05, 4.69) is 4.89 Å². The zero-order valence-corrected chi connectivity index (χ0v) is 4.81. The molecule has 0 N–H and O–H groups in total. The molecule has 2 nitrogen and oxygen atoms in total. The molecule has 1 atom stereocenters. The lowest BCUT2D eigenvalue weighted by atomic mass is 10.1. The van der Waals surface area contributed by atoms with Gasteiger partial charge in [-0.05, 0) is 11.2 Å². The summed E-state index contributed by atoms with van der Waals surface area (Å²) in [7, 11) is 0. The fourth-order valence-corrected chi connectivity index (χ4v) is 0.234. The molecule has 0 aliphatic carbocycles. The Kier molecular flexibility index (Phi) is 4.04. The van der Waals surface area contributed by atoms with Crippen LogP contribution in [0.5, 0.6) is 0 Å². The lowest BCUT2D eigenvalue weighted by Crippen LogP contribution is -1.99. The van der Waals surface area contributed by atoms with E-state index in [1.165, 1.54) is 0 Å². The summed E-state index contributed by atoms with van der Waals surface area (Å²) in [5.41, 5.74) is 0. The van der Waals surface area contributed by atoms with Gasteiger partial charge in [0.2, 0.25) is 0 Å². The van der Waals surface area contributed by atoms with Crippen LogP contribution in [-0.4, -0.2) is 6.61 Å². The molecule has 0 aliphatic rings. The molecule has 1 radical (unpaired) electrons. The molecule has 0 heterocycles. The summed E-state index contributed by atoms with van der Waals surface area (Å²) >= 11 is 0. The SMILES string of the molecule is CCC(C)CO[O]. The molecule has 2 heteroatoms. The van der Waals surface area contributed by atoms with Gasteiger partial charge < -0.3 is 0 Å². The molecule has 0 aliphatic heterocycles. The van der Waals surface area contributed by atoms with Crippen LogP contribution >= 0.6 is 0 Å². The molecule has 0 aromatic heterocycles. The van der Waals surface area contributed by atoms with Crippen molar-refractivity contribution in [1.82, 2.24) is 0 Å². The average Bonchev–Trinajstić information content (AvgIpc) is 1.68. The van der Waals surface area contributed by atoms with E-state index in [1.807, 2.05) is 13.8 Å². The highest BCUT2D eigenvalue weighted by Crippen LogP contribution is 1.98. The standard InChI is InChI=1S/C5H11O2/c1-3-5(2)4-7-6/h5H,3-4H2,1-2H3. The lowest BCUT2D eigenvalue weighted by Gasteiger charge is -2.00. The Hall–Kier alpha value is -0.0800. The maximum atomic E-state index is 9.40. The van der Waals surface area contributed by atoms with Crippen LogP contribution in [0.1, 0.15) is 20.3 Å². The van der Waals surface area contributed by atoms with Crippen molar-refractivity contribution in [2.45, 2.75) is 20.3 Å². The Morgan fingerprint density at radius 2 is 2.29 bits per heavy atom. The fraction of sp³-hybridized carbons (Fsp3) is 1.00. The Morgan fingerprint density at radius 1 is 1.71 bits per heavy atom. The van der Waals surface area contributed by atoms with E-state index < -0.39 is 0 Å². The normalized spacial score (nSPS) is 14.1. The number of rotatable bonds is 3. The predicted molar refractivity (Wildman–Crippen MR) is 26.1 cm³/mol. The van der Waals surface area contributed by atoms with Gasteiger partial charge in [-0.25, -0.2) is 4.89 Å². The molecule has 0 aromatic carbocycles. The van der Waals surface area contributed by atoms with Gasteiger partial charge in [0.05, 0.1) is 6.61 Å². The second-order valence-electron chi connectivity index (χ2n) is 1.80. The predicted octanol–water partition coefficient (Wildman–Crippen LogP) is 1.39. The molecule has 0 spiro atoms. The molecule has 0 saturated carbocycles. The average molecular weight is 103 g/mol. The van der Waals surface area contributed by atoms with Crippen molar-refractivity contribution in [2.75, 3.05) is 6.61 Å². The maximum Gasteiger partial charge on any atom is 0.0880 e. The van der Waals surface area contributed by atoms with Gasteiger partial charge in [0.25, 0.3) is 0 Å². The molecule has 0 amide bonds. The van der Waals surface area contributed by atoms with Crippen molar-refractivity contribution in [3.8, 4) is 0 Å². The molecular weight excluding hydrogens is 92.1 g/mol. The fourth-order valence-electron chi connectivity index (χ4n) is 0.234. The quantitative estimate of drug-likeness (QED) is 0.392. The van der Waals surface area contributed by atoms with E-state index in [1.54, 1.807) is 0 Å². The van der Waals surface area contributed by atoms with E-state index >= 15 is 0 Å². The third-order valence-corrected chi connectivity index (χ3v) is 1.05. The summed E-state index contributed by atoms with van der Waals surface area (Å²) in [6.45, 7) is 4.36. The van der Waals surface area contributed by atoms with Crippen LogP contribution in [0, 0.1) is 5.92 Å². The monoisotopic (exact) mass is 103 g/mol. The minimum Gasteiger partial charge on any atom is -0.204 e. The van der Waals surface area contributed by atoms with Crippen LogP contribution in [0.25, 0.3) is 0 Å². The van der Waals surface area contributed by atoms with Gasteiger partial charge in [-0.1, -0.05) is 20.3 Å². The maximum absolute atomic E-state index is 9.40. The lowest BCUT2D eigenvalue weighted by molar-refractivity contribution is -0.309. The topological polar surface area (TPSA) is 29.1 Å². The van der Waals surface area contributed by atoms with E-state index in [-0.39, 0.29) is 0 Å². The van der Waals surface area contributed by atoms with Crippen molar-refractivity contribution in [2.24, 2.45) is 5.92 Å². The summed E-state index contributed by atoms with van der Waals surface area (Å²) in [4.78, 5) is 3.64. The third-order valence-electron chi connectivity index (χ3n) is 1.05. The van der Waals surface area contributed by atoms with Crippen molar-refractivity contribution in [1.29, 1.82) is 0 Å². The van der Waals surface area contributed by atoms with Crippen LogP contribution in [-0.2, 0) is 10.1 Å². The highest BCUT2D eigenvalue weighted by atomic mass is 17.1. The van der Waals surface area contributed by atoms with Gasteiger partial charge in [0, 0.05) is 0 Å². The first-order chi connectivity index (χ1) is 3.31. The first-order valence-electron chi connectivity index (χ1n) is 2.56. The van der Waals surface area contributed by atoms with Crippen LogP contribution in [0.2, 0.25) is 0 Å². The summed E-state index contributed by atoms with van der Waals surface area (Å²) in [5.74, 6) is 0.414. The molecular formula is C5H11O2. The first-order valence-corrected chi connectivity index (χ1v) is 2.56. The number of hydrogen-bond donors (Lipinski definition) is 0. The van der Waals surface area contributed by atoms with Crippen LogP contribution < -0.4 is 0 Å². The van der Waals surface area contributed by atoms with E-state index in [9.17, 15) is 5.26 Å². The molecule has 0 aromatic rings. The van der Waals surface area contributed by atoms with Crippen molar-refractivity contribution >= 4 is 0 Å². The van der Waals surface area contributed by atoms with Crippen LogP contribution in [0.4, 0.5) is 0 Å². The molecule has 7 heavy (non-hydrogen) atoms. The number of hydrogen-bond acceptors (Lipinski definition) is 1. The Morgan fingerprint density at radius 3 is 2.43 bits per heavy atom. The highest BCUT2D eigenvalue weighted by molar-refractivity contribution is 4.42. The molecule has 0 bridgehead atoms. The highest BCUT2D eigenvalue weighted by Gasteiger charge is 1.95. The van der Waals surface area contributed by atoms with Crippen LogP contribution in [0.15, 0.2) is 0 Å². The molecule has 0 rings (SSSR count). The smallest absolute Gasteiger partial charge is 0.0880 e. The van der Waals surface area contributed by atoms with Gasteiger partial charge in [-0.3, -0.25) is 0 Å². The van der Waals surface area contributed by atoms with Gasteiger partial charge in [-0.2, -0.15) is 0 Å². The minimum atomic E-state index is 0.344. The van der Waals surface area contributed by atoms with Crippen molar-refractivity contribution < 1.29 is 10.1 Å². The summed E-state index contributed by atoms with van der Waals surface area (Å²) in [6, 6.07) is 0. The Labute approximate surface area is 44.0 Å². The zero-order chi connectivity index (χ0) is 5.70. The second kappa shape index (κ2) is 4.09. The molecule has 1 unspecified atom stereocenters. The van der Waals surface area contributed by atoms with Crippen LogP contribution in [0.3, 0.4) is 0 Å². The summed E-state index contributed by atoms with van der Waals surface area (Å²) < 4.78 is 0. The zero-order valence-electron chi connectivity index (χ0n) is 4.81. The largest absolute Gasteiger partial charge is 0.204 e. The first kappa shape index (κ1) is 6.92. The van der Waals surface area contributed by atoms with E-state index in [4.69, 9.17) is 0 Å². The minimum absolute atomic E-state index is 0.344. The summed E-state index contributed by atoms with van der Waals surface area (Å²) in [6.07, 6.45) is 1.02. The van der Waals surface area contributed by atoms with Gasteiger partial charge in [0.15, 0.2) is 0 Å². The second-order valence-corrected chi connectivity index (χ2v) is 1.80. The van der Waals surface area contributed by atoms with E-state index in [0.717, 1.165) is 6.42 Å². The van der Waals surface area contributed by atoms with Crippen molar-refractivity contribution in [3.05, 3.63) is 0 Å². The Bertz CT molecular complexity index is 37.1. The van der Waals surface area contributed by atoms with Gasteiger partial charge in [-0.15, -0.1) is 0 Å². The molecule has 0 saturated heterocycles. The Balaban J connectivity index is 2.83. The van der Waals surface area contributed by atoms with Gasteiger partial charge >= 0.3 is 0 Å². The van der Waals surface area contributed by atoms with E-state index in [0.29, 0.717) is 12.5 Å². The third kappa shape index (κ3) is 3.76.